The highest BCUT2D eigenvalue weighted by Gasteiger charge is 2.11. The number of aromatic nitrogens is 3. The lowest BCUT2D eigenvalue weighted by Gasteiger charge is -2.06. The molecule has 134 valence electrons. The van der Waals surface area contributed by atoms with Gasteiger partial charge in [-0.15, -0.1) is 22.0 Å². The fourth-order valence-electron chi connectivity index (χ4n) is 2.55. The summed E-state index contributed by atoms with van der Waals surface area (Å²) in [6.07, 6.45) is 3.66. The quantitative estimate of drug-likeness (QED) is 0.413. The summed E-state index contributed by atoms with van der Waals surface area (Å²) in [5.41, 5.74) is 4.62. The van der Waals surface area contributed by atoms with Crippen LogP contribution in [0.5, 0.6) is 0 Å². The standard InChI is InChI=1S/C21H18N4S2/c1-15-6-8-17(9-7-15)23-21-25-24-20(27-21)18-4-2-3-5-19(18)26-14-16-10-12-22-13-11-16/h2-13H,14H2,1H3,(H,23,25). The first-order valence-corrected chi connectivity index (χ1v) is 10.4. The van der Waals surface area contributed by atoms with Crippen molar-refractivity contribution in [2.45, 2.75) is 17.6 Å². The molecule has 0 saturated carbocycles. The Morgan fingerprint density at radius 1 is 0.926 bits per heavy atom. The van der Waals surface area contributed by atoms with Crippen molar-refractivity contribution in [2.75, 3.05) is 5.32 Å². The van der Waals surface area contributed by atoms with Crippen molar-refractivity contribution in [2.24, 2.45) is 0 Å². The minimum absolute atomic E-state index is 0.794. The summed E-state index contributed by atoms with van der Waals surface area (Å²) in [4.78, 5) is 5.28. The monoisotopic (exact) mass is 390 g/mol. The van der Waals surface area contributed by atoms with E-state index in [1.165, 1.54) is 16.0 Å². The van der Waals surface area contributed by atoms with Crippen molar-refractivity contribution in [3.63, 3.8) is 0 Å². The zero-order chi connectivity index (χ0) is 18.5. The summed E-state index contributed by atoms with van der Waals surface area (Å²) < 4.78 is 0. The molecule has 0 radical (unpaired) electrons. The second-order valence-corrected chi connectivity index (χ2v) is 8.04. The minimum Gasteiger partial charge on any atom is -0.330 e. The number of thioether (sulfide) groups is 1. The highest BCUT2D eigenvalue weighted by Crippen LogP contribution is 2.36. The van der Waals surface area contributed by atoms with E-state index in [-0.39, 0.29) is 0 Å². The molecule has 4 rings (SSSR count). The number of rotatable bonds is 6. The van der Waals surface area contributed by atoms with Crippen LogP contribution in [-0.2, 0) is 5.75 Å². The summed E-state index contributed by atoms with van der Waals surface area (Å²) in [7, 11) is 0. The van der Waals surface area contributed by atoms with Crippen LogP contribution < -0.4 is 5.32 Å². The van der Waals surface area contributed by atoms with Crippen LogP contribution in [0.1, 0.15) is 11.1 Å². The first kappa shape index (κ1) is 17.7. The SMILES string of the molecule is Cc1ccc(Nc2nnc(-c3ccccc3SCc3ccncc3)s2)cc1. The van der Waals surface area contributed by atoms with Crippen LogP contribution in [-0.4, -0.2) is 15.2 Å². The van der Waals surface area contributed by atoms with Crippen LogP contribution in [0.25, 0.3) is 10.6 Å². The molecule has 0 aliphatic rings. The van der Waals surface area contributed by atoms with E-state index in [0.29, 0.717) is 0 Å². The Bertz CT molecular complexity index is 1010. The fraction of sp³-hybridized carbons (Fsp3) is 0.0952. The van der Waals surface area contributed by atoms with Gasteiger partial charge in [-0.3, -0.25) is 4.98 Å². The highest BCUT2D eigenvalue weighted by molar-refractivity contribution is 7.98. The molecule has 2 aromatic heterocycles. The lowest BCUT2D eigenvalue weighted by molar-refractivity contribution is 1.09. The molecular formula is C21H18N4S2. The maximum atomic E-state index is 4.40. The molecule has 1 N–H and O–H groups in total. The van der Waals surface area contributed by atoms with Crippen molar-refractivity contribution in [1.82, 2.24) is 15.2 Å². The van der Waals surface area contributed by atoms with E-state index in [0.717, 1.165) is 27.1 Å². The first-order valence-electron chi connectivity index (χ1n) is 8.56. The van der Waals surface area contributed by atoms with Gasteiger partial charge in [0.05, 0.1) is 0 Å². The number of nitrogens with one attached hydrogen (secondary N) is 1. The molecule has 4 nitrogen and oxygen atoms in total. The van der Waals surface area contributed by atoms with Gasteiger partial charge in [0, 0.05) is 34.3 Å². The Labute approximate surface area is 166 Å². The molecule has 0 atom stereocenters. The second-order valence-electron chi connectivity index (χ2n) is 6.04. The Morgan fingerprint density at radius 2 is 1.70 bits per heavy atom. The topological polar surface area (TPSA) is 50.7 Å². The van der Waals surface area contributed by atoms with E-state index < -0.39 is 0 Å². The molecule has 6 heteroatoms. The maximum Gasteiger partial charge on any atom is 0.210 e. The molecule has 4 aromatic rings. The van der Waals surface area contributed by atoms with Crippen LogP contribution in [0.15, 0.2) is 78.0 Å². The molecule has 0 aliphatic heterocycles. The number of pyridine rings is 1. The van der Waals surface area contributed by atoms with Gasteiger partial charge in [-0.25, -0.2) is 0 Å². The molecule has 0 fully saturated rings. The molecule has 0 unspecified atom stereocenters. The smallest absolute Gasteiger partial charge is 0.210 e. The number of aryl methyl sites for hydroxylation is 1. The largest absolute Gasteiger partial charge is 0.330 e. The first-order chi connectivity index (χ1) is 13.3. The molecule has 0 aliphatic carbocycles. The Kier molecular flexibility index (Phi) is 5.46. The fourth-order valence-corrected chi connectivity index (χ4v) is 4.43. The zero-order valence-corrected chi connectivity index (χ0v) is 16.4. The Morgan fingerprint density at radius 3 is 2.52 bits per heavy atom. The van der Waals surface area contributed by atoms with E-state index in [2.05, 4.69) is 69.9 Å². The van der Waals surface area contributed by atoms with Gasteiger partial charge in [-0.05, 0) is 42.8 Å². The van der Waals surface area contributed by atoms with Crippen LogP contribution >= 0.6 is 23.1 Å². The molecule has 0 saturated heterocycles. The number of nitrogens with zero attached hydrogens (tertiary/aromatic N) is 3. The van der Waals surface area contributed by atoms with Crippen molar-refractivity contribution >= 4 is 33.9 Å². The average molecular weight is 391 g/mol. The summed E-state index contributed by atoms with van der Waals surface area (Å²) in [5, 5.41) is 13.8. The van der Waals surface area contributed by atoms with Crippen LogP contribution in [0.2, 0.25) is 0 Å². The van der Waals surface area contributed by atoms with E-state index in [1.807, 2.05) is 30.6 Å². The maximum absolute atomic E-state index is 4.40. The van der Waals surface area contributed by atoms with Gasteiger partial charge in [-0.1, -0.05) is 47.2 Å². The van der Waals surface area contributed by atoms with Crippen LogP contribution in [0.3, 0.4) is 0 Å². The van der Waals surface area contributed by atoms with Gasteiger partial charge >= 0.3 is 0 Å². The number of hydrogen-bond donors (Lipinski definition) is 1. The average Bonchev–Trinajstić information content (AvgIpc) is 3.17. The number of anilines is 2. The van der Waals surface area contributed by atoms with Crippen molar-refractivity contribution in [1.29, 1.82) is 0 Å². The van der Waals surface area contributed by atoms with Crippen molar-refractivity contribution in [3.8, 4) is 10.6 Å². The van der Waals surface area contributed by atoms with Gasteiger partial charge in [0.15, 0.2) is 5.01 Å². The summed E-state index contributed by atoms with van der Waals surface area (Å²) in [5.74, 6) is 0.896. The van der Waals surface area contributed by atoms with Gasteiger partial charge < -0.3 is 5.32 Å². The van der Waals surface area contributed by atoms with E-state index >= 15 is 0 Å². The predicted octanol–water partition coefficient (Wildman–Crippen LogP) is 5.94. The summed E-state index contributed by atoms with van der Waals surface area (Å²) in [6.45, 7) is 2.08. The molecule has 2 aromatic carbocycles. The second kappa shape index (κ2) is 8.33. The third kappa shape index (κ3) is 4.53. The van der Waals surface area contributed by atoms with Crippen molar-refractivity contribution in [3.05, 3.63) is 84.2 Å². The normalized spacial score (nSPS) is 10.7. The minimum atomic E-state index is 0.794. The van der Waals surface area contributed by atoms with Crippen LogP contribution in [0.4, 0.5) is 10.8 Å². The van der Waals surface area contributed by atoms with E-state index in [4.69, 9.17) is 0 Å². The Hall–Kier alpha value is -2.70. The summed E-state index contributed by atoms with van der Waals surface area (Å²) in [6, 6.07) is 20.7. The lowest BCUT2D eigenvalue weighted by Crippen LogP contribution is -1.88. The molecule has 0 spiro atoms. The lowest BCUT2D eigenvalue weighted by atomic mass is 10.2. The van der Waals surface area contributed by atoms with Crippen LogP contribution in [0, 0.1) is 6.92 Å². The van der Waals surface area contributed by atoms with Gasteiger partial charge in [-0.2, -0.15) is 0 Å². The predicted molar refractivity (Wildman–Crippen MR) is 114 cm³/mol. The van der Waals surface area contributed by atoms with E-state index in [1.54, 1.807) is 23.1 Å². The highest BCUT2D eigenvalue weighted by atomic mass is 32.2. The Balaban J connectivity index is 1.52. The summed E-state index contributed by atoms with van der Waals surface area (Å²) >= 11 is 3.36. The van der Waals surface area contributed by atoms with Gasteiger partial charge in [0.1, 0.15) is 0 Å². The third-order valence-corrected chi connectivity index (χ3v) is 6.01. The molecule has 0 bridgehead atoms. The number of benzene rings is 2. The van der Waals surface area contributed by atoms with Gasteiger partial charge in [0.2, 0.25) is 5.13 Å². The van der Waals surface area contributed by atoms with Crippen molar-refractivity contribution < 1.29 is 0 Å². The molecular weight excluding hydrogens is 372 g/mol. The molecule has 0 amide bonds. The third-order valence-electron chi connectivity index (χ3n) is 3.99. The van der Waals surface area contributed by atoms with E-state index in [9.17, 15) is 0 Å². The van der Waals surface area contributed by atoms with Gasteiger partial charge in [0.25, 0.3) is 0 Å². The molecule has 27 heavy (non-hydrogen) atoms. The zero-order valence-electron chi connectivity index (χ0n) is 14.8. The number of hydrogen-bond acceptors (Lipinski definition) is 6. The molecule has 2 heterocycles.